The number of pyridine rings is 1. The monoisotopic (exact) mass is 274 g/mol. The quantitative estimate of drug-likeness (QED) is 0.841. The van der Waals surface area contributed by atoms with Gasteiger partial charge in [0.05, 0.1) is 18.3 Å². The summed E-state index contributed by atoms with van der Waals surface area (Å²) in [4.78, 5) is 4.17. The maximum atomic E-state index is 6.14. The van der Waals surface area contributed by atoms with E-state index in [-0.39, 0.29) is 6.04 Å². The Labute approximate surface area is 117 Å². The summed E-state index contributed by atoms with van der Waals surface area (Å²) in [6, 6.07) is 10.3. The number of aromatic nitrogens is 1. The Morgan fingerprint density at radius 3 is 3.11 bits per heavy atom. The van der Waals surface area contributed by atoms with Gasteiger partial charge in [0.2, 0.25) is 0 Å². The van der Waals surface area contributed by atoms with Crippen LogP contribution in [0.1, 0.15) is 23.6 Å². The average molecular weight is 275 g/mol. The van der Waals surface area contributed by atoms with E-state index >= 15 is 0 Å². The highest BCUT2D eigenvalue weighted by Gasteiger charge is 2.21. The Morgan fingerprint density at radius 1 is 1.37 bits per heavy atom. The zero-order valence-electron chi connectivity index (χ0n) is 10.7. The molecule has 1 aliphatic rings. The molecule has 0 aliphatic carbocycles. The van der Waals surface area contributed by atoms with Gasteiger partial charge in [-0.1, -0.05) is 29.8 Å². The number of aryl methyl sites for hydroxylation is 1. The van der Waals surface area contributed by atoms with Crippen molar-refractivity contribution >= 4 is 17.3 Å². The lowest BCUT2D eigenvalue weighted by Gasteiger charge is -2.27. The van der Waals surface area contributed by atoms with Crippen LogP contribution >= 0.6 is 11.6 Å². The van der Waals surface area contributed by atoms with Crippen LogP contribution in [0.4, 0.5) is 5.69 Å². The summed E-state index contributed by atoms with van der Waals surface area (Å²) in [5.74, 6) is 0.947. The van der Waals surface area contributed by atoms with Gasteiger partial charge < -0.3 is 10.1 Å². The molecule has 3 nitrogen and oxygen atoms in total. The molecule has 0 fully saturated rings. The van der Waals surface area contributed by atoms with Gasteiger partial charge in [-0.2, -0.15) is 0 Å². The summed E-state index contributed by atoms with van der Waals surface area (Å²) in [7, 11) is 0. The fourth-order valence-corrected chi connectivity index (χ4v) is 2.49. The molecular formula is C15H15ClN2O. The number of nitrogens with zero attached hydrogens (tertiary/aromatic N) is 1. The van der Waals surface area contributed by atoms with Gasteiger partial charge in [-0.05, 0) is 24.6 Å². The summed E-state index contributed by atoms with van der Waals surface area (Å²) in [6.45, 7) is 2.72. The minimum absolute atomic E-state index is 0.214. The number of halogens is 1. The lowest BCUT2D eigenvalue weighted by atomic mass is 10.0. The molecule has 98 valence electrons. The Balaban J connectivity index is 1.90. The fraction of sp³-hybridized carbons (Fsp3) is 0.267. The van der Waals surface area contributed by atoms with E-state index in [9.17, 15) is 0 Å². The molecule has 0 spiro atoms. The topological polar surface area (TPSA) is 34.2 Å². The van der Waals surface area contributed by atoms with Crippen LogP contribution in [0.3, 0.4) is 0 Å². The molecule has 1 atom stereocenters. The van der Waals surface area contributed by atoms with Crippen LogP contribution in [0.15, 0.2) is 36.5 Å². The largest absolute Gasteiger partial charge is 0.493 e. The van der Waals surface area contributed by atoms with Crippen molar-refractivity contribution in [2.24, 2.45) is 0 Å². The van der Waals surface area contributed by atoms with E-state index < -0.39 is 0 Å². The fourth-order valence-electron chi connectivity index (χ4n) is 2.33. The summed E-state index contributed by atoms with van der Waals surface area (Å²) >= 11 is 6.14. The molecule has 1 aromatic heterocycles. The lowest BCUT2D eigenvalue weighted by molar-refractivity contribution is 0.274. The number of hydrogen-bond acceptors (Lipinski definition) is 3. The molecule has 0 radical (unpaired) electrons. The van der Waals surface area contributed by atoms with E-state index in [2.05, 4.69) is 16.4 Å². The van der Waals surface area contributed by atoms with E-state index in [0.29, 0.717) is 11.8 Å². The van der Waals surface area contributed by atoms with Crippen molar-refractivity contribution in [3.05, 3.63) is 52.8 Å². The summed E-state index contributed by atoms with van der Waals surface area (Å²) in [5, 5.41) is 3.98. The van der Waals surface area contributed by atoms with Crippen LogP contribution in [-0.2, 0) is 0 Å². The number of fused-ring (bicyclic) bond motifs is 1. The molecule has 3 rings (SSSR count). The van der Waals surface area contributed by atoms with Gasteiger partial charge in [-0.15, -0.1) is 0 Å². The number of benzene rings is 1. The molecular weight excluding hydrogens is 260 g/mol. The highest BCUT2D eigenvalue weighted by Crippen LogP contribution is 2.35. The molecule has 1 N–H and O–H groups in total. The van der Waals surface area contributed by atoms with E-state index in [1.54, 1.807) is 6.20 Å². The Hall–Kier alpha value is -1.74. The molecule has 2 aromatic rings. The Bertz CT molecular complexity index is 600. The second-order valence-corrected chi connectivity index (χ2v) is 5.08. The number of hydrogen-bond donors (Lipinski definition) is 1. The molecule has 0 bridgehead atoms. The zero-order valence-corrected chi connectivity index (χ0v) is 11.4. The Morgan fingerprint density at radius 2 is 2.21 bits per heavy atom. The summed E-state index contributed by atoms with van der Waals surface area (Å²) in [6.07, 6.45) is 2.69. The first-order valence-electron chi connectivity index (χ1n) is 6.34. The maximum absolute atomic E-state index is 6.14. The lowest BCUT2D eigenvalue weighted by Crippen LogP contribution is -2.20. The van der Waals surface area contributed by atoms with Crippen LogP contribution < -0.4 is 10.1 Å². The van der Waals surface area contributed by atoms with Crippen molar-refractivity contribution < 1.29 is 4.74 Å². The summed E-state index contributed by atoms with van der Waals surface area (Å²) < 4.78 is 5.66. The molecule has 1 aromatic carbocycles. The van der Waals surface area contributed by atoms with Crippen molar-refractivity contribution in [2.75, 3.05) is 11.9 Å². The van der Waals surface area contributed by atoms with E-state index in [1.807, 2.05) is 31.2 Å². The molecule has 1 aliphatic heterocycles. The second kappa shape index (κ2) is 5.10. The van der Waals surface area contributed by atoms with Crippen molar-refractivity contribution in [1.82, 2.24) is 4.98 Å². The van der Waals surface area contributed by atoms with Crippen molar-refractivity contribution in [2.45, 2.75) is 19.4 Å². The standard InChI is InChI=1S/C15H15ClN2O/c1-10-8-13(15(16)17-9-10)18-12-6-7-19-14-5-3-2-4-11(12)14/h2-5,8-9,12,18H,6-7H2,1H3. The number of rotatable bonds is 2. The van der Waals surface area contributed by atoms with Gasteiger partial charge in [0.1, 0.15) is 5.75 Å². The third-order valence-electron chi connectivity index (χ3n) is 3.26. The van der Waals surface area contributed by atoms with Gasteiger partial charge in [-0.25, -0.2) is 4.98 Å². The molecule has 0 saturated carbocycles. The van der Waals surface area contributed by atoms with E-state index in [4.69, 9.17) is 16.3 Å². The normalized spacial score (nSPS) is 17.5. The smallest absolute Gasteiger partial charge is 0.152 e. The second-order valence-electron chi connectivity index (χ2n) is 4.72. The van der Waals surface area contributed by atoms with E-state index in [0.717, 1.165) is 23.4 Å². The zero-order chi connectivity index (χ0) is 13.2. The van der Waals surface area contributed by atoms with Gasteiger partial charge in [-0.3, -0.25) is 0 Å². The molecule has 19 heavy (non-hydrogen) atoms. The van der Waals surface area contributed by atoms with Crippen molar-refractivity contribution in [3.63, 3.8) is 0 Å². The molecule has 4 heteroatoms. The third-order valence-corrected chi connectivity index (χ3v) is 3.57. The van der Waals surface area contributed by atoms with Gasteiger partial charge in [0.15, 0.2) is 5.15 Å². The van der Waals surface area contributed by atoms with Crippen LogP contribution in [0.5, 0.6) is 5.75 Å². The molecule has 0 amide bonds. The highest BCUT2D eigenvalue weighted by molar-refractivity contribution is 6.32. The minimum Gasteiger partial charge on any atom is -0.493 e. The average Bonchev–Trinajstić information content (AvgIpc) is 2.43. The highest BCUT2D eigenvalue weighted by atomic mass is 35.5. The van der Waals surface area contributed by atoms with Gasteiger partial charge in [0.25, 0.3) is 0 Å². The first-order valence-corrected chi connectivity index (χ1v) is 6.72. The first-order chi connectivity index (χ1) is 9.24. The maximum Gasteiger partial charge on any atom is 0.152 e. The van der Waals surface area contributed by atoms with Crippen molar-refractivity contribution in [3.8, 4) is 5.75 Å². The van der Waals surface area contributed by atoms with Crippen LogP contribution in [-0.4, -0.2) is 11.6 Å². The Kier molecular flexibility index (Phi) is 3.30. The number of nitrogens with one attached hydrogen (secondary N) is 1. The number of anilines is 1. The molecule has 2 heterocycles. The minimum atomic E-state index is 0.214. The number of ether oxygens (including phenoxy) is 1. The summed E-state index contributed by atoms with van der Waals surface area (Å²) in [5.41, 5.74) is 3.14. The predicted molar refractivity (Wildman–Crippen MR) is 76.9 cm³/mol. The predicted octanol–water partition coefficient (Wildman–Crippen LogP) is 3.98. The molecule has 0 saturated heterocycles. The SMILES string of the molecule is Cc1cnc(Cl)c(NC2CCOc3ccccc32)c1. The molecule has 1 unspecified atom stereocenters. The van der Waals surface area contributed by atoms with Crippen LogP contribution in [0, 0.1) is 6.92 Å². The van der Waals surface area contributed by atoms with Gasteiger partial charge >= 0.3 is 0 Å². The first kappa shape index (κ1) is 12.3. The number of para-hydroxylation sites is 1. The van der Waals surface area contributed by atoms with Crippen LogP contribution in [0.2, 0.25) is 5.15 Å². The third kappa shape index (κ3) is 2.51. The van der Waals surface area contributed by atoms with Gasteiger partial charge in [0, 0.05) is 18.2 Å². The van der Waals surface area contributed by atoms with Crippen molar-refractivity contribution in [1.29, 1.82) is 0 Å². The van der Waals surface area contributed by atoms with Crippen LogP contribution in [0.25, 0.3) is 0 Å². The van der Waals surface area contributed by atoms with E-state index in [1.165, 1.54) is 5.56 Å².